The van der Waals surface area contributed by atoms with Crippen LogP contribution in [-0.4, -0.2) is 29.8 Å². The highest BCUT2D eigenvalue weighted by molar-refractivity contribution is 6.08. The zero-order chi connectivity index (χ0) is 21.8. The molecule has 0 saturated heterocycles. The highest BCUT2D eigenvalue weighted by Gasteiger charge is 2.42. The number of benzene rings is 2. The number of rotatable bonds is 6. The van der Waals surface area contributed by atoms with Crippen molar-refractivity contribution in [3.63, 3.8) is 0 Å². The molecule has 0 unspecified atom stereocenters. The van der Waals surface area contributed by atoms with Crippen LogP contribution in [0.5, 0.6) is 11.5 Å². The van der Waals surface area contributed by atoms with Crippen molar-refractivity contribution in [2.45, 2.75) is 46.1 Å². The van der Waals surface area contributed by atoms with E-state index in [1.54, 1.807) is 11.9 Å². The molecule has 1 aliphatic heterocycles. The smallest absolute Gasteiger partial charge is 0.240 e. The summed E-state index contributed by atoms with van der Waals surface area (Å²) in [6.07, 6.45) is 5.30. The Kier molecular flexibility index (Phi) is 6.40. The highest BCUT2D eigenvalue weighted by atomic mass is 16.5. The Labute approximate surface area is 184 Å². The third-order valence-corrected chi connectivity index (χ3v) is 5.89. The van der Waals surface area contributed by atoms with Crippen LogP contribution in [0.15, 0.2) is 59.2 Å². The van der Waals surface area contributed by atoms with Gasteiger partial charge in [0.1, 0.15) is 11.5 Å². The molecule has 0 bridgehead atoms. The van der Waals surface area contributed by atoms with E-state index in [-0.39, 0.29) is 17.9 Å². The topological polar surface area (TPSA) is 51.1 Å². The molecule has 31 heavy (non-hydrogen) atoms. The predicted octanol–water partition coefficient (Wildman–Crippen LogP) is 5.63. The lowest BCUT2D eigenvalue weighted by Gasteiger charge is -2.29. The molecule has 1 saturated carbocycles. The second-order valence-corrected chi connectivity index (χ2v) is 7.97. The molecule has 2 aromatic rings. The molecule has 0 radical (unpaired) electrons. The van der Waals surface area contributed by atoms with Crippen LogP contribution in [0.25, 0.3) is 6.08 Å². The third kappa shape index (κ3) is 4.50. The Bertz CT molecular complexity index is 977. The maximum absolute atomic E-state index is 12.5. The summed E-state index contributed by atoms with van der Waals surface area (Å²) >= 11 is 0. The second-order valence-electron chi connectivity index (χ2n) is 7.97. The van der Waals surface area contributed by atoms with Crippen molar-refractivity contribution in [2.75, 3.05) is 13.2 Å². The lowest BCUT2D eigenvalue weighted by Crippen LogP contribution is -2.30. The van der Waals surface area contributed by atoms with Gasteiger partial charge >= 0.3 is 0 Å². The van der Waals surface area contributed by atoms with Gasteiger partial charge in [-0.15, -0.1) is 0 Å². The summed E-state index contributed by atoms with van der Waals surface area (Å²) in [6, 6.07) is 16.2. The van der Waals surface area contributed by atoms with Gasteiger partial charge in [-0.1, -0.05) is 24.3 Å². The van der Waals surface area contributed by atoms with Crippen molar-refractivity contribution in [1.82, 2.24) is 5.01 Å². The van der Waals surface area contributed by atoms with E-state index in [2.05, 4.69) is 30.3 Å². The first kappa shape index (κ1) is 21.2. The number of ether oxygens (including phenoxy) is 2. The summed E-state index contributed by atoms with van der Waals surface area (Å²) in [5.41, 5.74) is 4.50. The van der Waals surface area contributed by atoms with Gasteiger partial charge in [0.05, 0.1) is 25.0 Å². The minimum atomic E-state index is -0.0628. The first-order valence-electron chi connectivity index (χ1n) is 11.2. The normalized spacial score (nSPS) is 21.6. The van der Waals surface area contributed by atoms with Gasteiger partial charge in [-0.25, -0.2) is 5.01 Å². The number of allylic oxidation sites excluding steroid dienone is 1. The molecule has 0 spiro atoms. The Morgan fingerprint density at radius 2 is 1.65 bits per heavy atom. The van der Waals surface area contributed by atoms with Gasteiger partial charge in [0, 0.05) is 12.8 Å². The molecule has 1 aliphatic carbocycles. The summed E-state index contributed by atoms with van der Waals surface area (Å²) in [7, 11) is 0. The van der Waals surface area contributed by atoms with Crippen molar-refractivity contribution in [2.24, 2.45) is 11.0 Å². The van der Waals surface area contributed by atoms with E-state index in [0.717, 1.165) is 47.6 Å². The van der Waals surface area contributed by atoms with Gasteiger partial charge in [-0.3, -0.25) is 4.79 Å². The van der Waals surface area contributed by atoms with Crippen LogP contribution in [0.2, 0.25) is 0 Å². The summed E-state index contributed by atoms with van der Waals surface area (Å²) in [5.74, 6) is 1.91. The van der Waals surface area contributed by atoms with Crippen LogP contribution in [0.1, 0.15) is 57.2 Å². The molecule has 0 aromatic heterocycles. The fourth-order valence-corrected chi connectivity index (χ4v) is 4.55. The van der Waals surface area contributed by atoms with Gasteiger partial charge < -0.3 is 9.47 Å². The Balaban J connectivity index is 1.63. The summed E-state index contributed by atoms with van der Waals surface area (Å²) in [4.78, 5) is 12.5. The van der Waals surface area contributed by atoms with Crippen molar-refractivity contribution < 1.29 is 14.3 Å². The summed E-state index contributed by atoms with van der Waals surface area (Å²) in [6.45, 7) is 6.85. The molecular formula is C26H30N2O3. The largest absolute Gasteiger partial charge is 0.494 e. The predicted molar refractivity (Wildman–Crippen MR) is 123 cm³/mol. The fraction of sp³-hybridized carbons (Fsp3) is 0.385. The molecule has 2 atom stereocenters. The van der Waals surface area contributed by atoms with Crippen LogP contribution in [0.4, 0.5) is 0 Å². The van der Waals surface area contributed by atoms with Crippen LogP contribution in [0.3, 0.4) is 0 Å². The molecular weight excluding hydrogens is 388 g/mol. The minimum Gasteiger partial charge on any atom is -0.494 e. The molecule has 1 amide bonds. The monoisotopic (exact) mass is 418 g/mol. The standard InChI is InChI=1S/C26H30N2O3/c1-4-30-22-13-9-19(10-14-22)17-21-7-6-8-24-25(21)27-28(18(3)29)26(24)20-11-15-23(16-12-20)31-5-2/h9-17,24,26H,4-8H2,1-3H3/b21-17+/t24-,26-/m1/s1. The minimum absolute atomic E-state index is 0.0267. The van der Waals surface area contributed by atoms with E-state index < -0.39 is 0 Å². The van der Waals surface area contributed by atoms with Gasteiger partial charge in [-0.05, 0) is 80.2 Å². The van der Waals surface area contributed by atoms with Crippen molar-refractivity contribution >= 4 is 17.7 Å². The van der Waals surface area contributed by atoms with Gasteiger partial charge in [-0.2, -0.15) is 5.10 Å². The van der Waals surface area contributed by atoms with E-state index in [1.807, 2.05) is 38.1 Å². The molecule has 4 rings (SSSR count). The van der Waals surface area contributed by atoms with E-state index >= 15 is 0 Å². The molecule has 2 aliphatic rings. The molecule has 5 heteroatoms. The highest BCUT2D eigenvalue weighted by Crippen LogP contribution is 2.44. The van der Waals surface area contributed by atoms with Gasteiger partial charge in [0.25, 0.3) is 0 Å². The first-order valence-corrected chi connectivity index (χ1v) is 11.2. The maximum Gasteiger partial charge on any atom is 0.240 e. The molecule has 2 aromatic carbocycles. The molecule has 1 heterocycles. The number of carbonyl (C=O) groups is 1. The maximum atomic E-state index is 12.5. The molecule has 5 nitrogen and oxygen atoms in total. The third-order valence-electron chi connectivity index (χ3n) is 5.89. The number of amides is 1. The Morgan fingerprint density at radius 1 is 1.03 bits per heavy atom. The van der Waals surface area contributed by atoms with Crippen molar-refractivity contribution in [1.29, 1.82) is 0 Å². The van der Waals surface area contributed by atoms with Crippen LogP contribution >= 0.6 is 0 Å². The number of fused-ring (bicyclic) bond motifs is 1. The quantitative estimate of drug-likeness (QED) is 0.611. The molecule has 0 N–H and O–H groups in total. The lowest BCUT2D eigenvalue weighted by molar-refractivity contribution is -0.131. The van der Waals surface area contributed by atoms with E-state index in [9.17, 15) is 4.79 Å². The molecule has 162 valence electrons. The van der Waals surface area contributed by atoms with Crippen molar-refractivity contribution in [3.8, 4) is 11.5 Å². The number of hydrazone groups is 1. The lowest BCUT2D eigenvalue weighted by atomic mass is 9.77. The van der Waals surface area contributed by atoms with Gasteiger partial charge in [0.2, 0.25) is 5.91 Å². The fourth-order valence-electron chi connectivity index (χ4n) is 4.55. The Hall–Kier alpha value is -3.08. The van der Waals surface area contributed by atoms with Crippen LogP contribution < -0.4 is 9.47 Å². The average Bonchev–Trinajstić information content (AvgIpc) is 3.17. The molecule has 1 fully saturated rings. The number of hydrogen-bond acceptors (Lipinski definition) is 4. The SMILES string of the molecule is CCOc1ccc(/C=C2\CCC[C@@H]3C2=NN(C(C)=O)[C@@H]3c2ccc(OCC)cc2)cc1. The first-order chi connectivity index (χ1) is 15.1. The number of carbonyl (C=O) groups excluding carboxylic acids is 1. The zero-order valence-electron chi connectivity index (χ0n) is 18.5. The summed E-state index contributed by atoms with van der Waals surface area (Å²) < 4.78 is 11.1. The number of hydrogen-bond donors (Lipinski definition) is 0. The van der Waals surface area contributed by atoms with E-state index in [4.69, 9.17) is 14.6 Å². The van der Waals surface area contributed by atoms with E-state index in [1.165, 1.54) is 5.57 Å². The van der Waals surface area contributed by atoms with E-state index in [0.29, 0.717) is 13.2 Å². The van der Waals surface area contributed by atoms with Crippen LogP contribution in [0, 0.1) is 5.92 Å². The summed E-state index contributed by atoms with van der Waals surface area (Å²) in [5, 5.41) is 6.50. The van der Waals surface area contributed by atoms with Crippen LogP contribution in [-0.2, 0) is 4.79 Å². The average molecular weight is 419 g/mol. The second kappa shape index (κ2) is 9.38. The van der Waals surface area contributed by atoms with Gasteiger partial charge in [0.15, 0.2) is 0 Å². The zero-order valence-corrected chi connectivity index (χ0v) is 18.5. The Morgan fingerprint density at radius 3 is 2.23 bits per heavy atom. The van der Waals surface area contributed by atoms with Crippen molar-refractivity contribution in [3.05, 3.63) is 65.2 Å². The number of nitrogens with zero attached hydrogens (tertiary/aromatic N) is 2.